The second kappa shape index (κ2) is 7.23. The van der Waals surface area contributed by atoms with E-state index in [1.807, 2.05) is 25.9 Å². The van der Waals surface area contributed by atoms with E-state index in [0.29, 0.717) is 6.42 Å². The van der Waals surface area contributed by atoms with Gasteiger partial charge in [-0.3, -0.25) is 9.59 Å². The van der Waals surface area contributed by atoms with Gasteiger partial charge in [0.1, 0.15) is 0 Å². The average Bonchev–Trinajstić information content (AvgIpc) is 2.00. The van der Waals surface area contributed by atoms with Gasteiger partial charge in [-0.05, 0) is 27.4 Å². The molecule has 0 bridgehead atoms. The van der Waals surface area contributed by atoms with Gasteiger partial charge in [-0.25, -0.2) is 0 Å². The lowest BCUT2D eigenvalue weighted by molar-refractivity contribution is -0.137. The SMILES string of the molecule is CC(CN(C)C)NC(=O)CCCC(=O)O. The fraction of sp³-hybridized carbons (Fsp3) is 0.800. The summed E-state index contributed by atoms with van der Waals surface area (Å²) in [5.74, 6) is -0.935. The Hall–Kier alpha value is -1.10. The first-order valence-electron chi connectivity index (χ1n) is 5.07. The van der Waals surface area contributed by atoms with Gasteiger partial charge < -0.3 is 15.3 Å². The summed E-state index contributed by atoms with van der Waals surface area (Å²) in [7, 11) is 3.88. The van der Waals surface area contributed by atoms with Gasteiger partial charge in [-0.2, -0.15) is 0 Å². The maximum absolute atomic E-state index is 11.3. The highest BCUT2D eigenvalue weighted by atomic mass is 16.4. The number of amides is 1. The predicted molar refractivity (Wildman–Crippen MR) is 57.6 cm³/mol. The fourth-order valence-electron chi connectivity index (χ4n) is 1.34. The maximum Gasteiger partial charge on any atom is 0.303 e. The number of nitrogens with zero attached hydrogens (tertiary/aromatic N) is 1. The van der Waals surface area contributed by atoms with E-state index >= 15 is 0 Å². The second-order valence-corrected chi connectivity index (χ2v) is 3.98. The fourth-order valence-corrected chi connectivity index (χ4v) is 1.34. The van der Waals surface area contributed by atoms with Gasteiger partial charge in [0.25, 0.3) is 0 Å². The van der Waals surface area contributed by atoms with Crippen molar-refractivity contribution >= 4 is 11.9 Å². The van der Waals surface area contributed by atoms with Gasteiger partial charge in [-0.1, -0.05) is 0 Å². The standard InChI is InChI=1S/C10H20N2O3/c1-8(7-12(2)3)11-9(13)5-4-6-10(14)15/h8H,4-7H2,1-3H3,(H,11,13)(H,14,15). The van der Waals surface area contributed by atoms with E-state index in [1.54, 1.807) is 0 Å². The molecule has 0 heterocycles. The number of carboxylic acids is 1. The van der Waals surface area contributed by atoms with Gasteiger partial charge in [0.15, 0.2) is 0 Å². The summed E-state index contributed by atoms with van der Waals surface area (Å²) in [6, 6.07) is 0.0947. The summed E-state index contributed by atoms with van der Waals surface area (Å²) in [6.07, 6.45) is 0.732. The zero-order chi connectivity index (χ0) is 11.8. The van der Waals surface area contributed by atoms with E-state index in [9.17, 15) is 9.59 Å². The van der Waals surface area contributed by atoms with Crippen LogP contribution in [0.3, 0.4) is 0 Å². The Balaban J connectivity index is 3.60. The second-order valence-electron chi connectivity index (χ2n) is 3.98. The van der Waals surface area contributed by atoms with E-state index in [1.165, 1.54) is 0 Å². The van der Waals surface area contributed by atoms with E-state index in [2.05, 4.69) is 5.32 Å². The third-order valence-electron chi connectivity index (χ3n) is 1.84. The molecule has 5 heteroatoms. The predicted octanol–water partition coefficient (Wildman–Crippen LogP) is 0.308. The lowest BCUT2D eigenvalue weighted by Gasteiger charge is -2.18. The summed E-state index contributed by atoms with van der Waals surface area (Å²) in [5.41, 5.74) is 0. The highest BCUT2D eigenvalue weighted by molar-refractivity contribution is 5.77. The van der Waals surface area contributed by atoms with Crippen LogP contribution in [0.1, 0.15) is 26.2 Å². The van der Waals surface area contributed by atoms with E-state index in [0.717, 1.165) is 6.54 Å². The van der Waals surface area contributed by atoms with E-state index in [-0.39, 0.29) is 24.8 Å². The van der Waals surface area contributed by atoms with Gasteiger partial charge in [-0.15, -0.1) is 0 Å². The summed E-state index contributed by atoms with van der Waals surface area (Å²) >= 11 is 0. The van der Waals surface area contributed by atoms with Crippen LogP contribution in [0.25, 0.3) is 0 Å². The minimum absolute atomic E-state index is 0.0511. The molecule has 1 unspecified atom stereocenters. The Morgan fingerprint density at radius 1 is 1.33 bits per heavy atom. The topological polar surface area (TPSA) is 69.6 Å². The van der Waals surface area contributed by atoms with Gasteiger partial charge in [0.05, 0.1) is 0 Å². The van der Waals surface area contributed by atoms with Crippen LogP contribution in [-0.4, -0.2) is 48.6 Å². The molecule has 1 amide bonds. The van der Waals surface area contributed by atoms with Crippen molar-refractivity contribution in [3.05, 3.63) is 0 Å². The van der Waals surface area contributed by atoms with Crippen molar-refractivity contribution in [2.75, 3.05) is 20.6 Å². The monoisotopic (exact) mass is 216 g/mol. The number of carbonyl (C=O) groups is 2. The van der Waals surface area contributed by atoms with Crippen molar-refractivity contribution < 1.29 is 14.7 Å². The van der Waals surface area contributed by atoms with Crippen LogP contribution in [0.15, 0.2) is 0 Å². The number of likely N-dealkylation sites (N-methyl/N-ethyl adjacent to an activating group) is 1. The van der Waals surface area contributed by atoms with Crippen LogP contribution in [-0.2, 0) is 9.59 Å². The molecule has 0 aliphatic heterocycles. The van der Waals surface area contributed by atoms with Crippen LogP contribution in [0, 0.1) is 0 Å². The van der Waals surface area contributed by atoms with Crippen molar-refractivity contribution in [2.45, 2.75) is 32.2 Å². The van der Waals surface area contributed by atoms with Crippen molar-refractivity contribution in [3.63, 3.8) is 0 Å². The largest absolute Gasteiger partial charge is 0.481 e. The molecule has 0 fully saturated rings. The molecule has 0 saturated carbocycles. The number of aliphatic carboxylic acids is 1. The smallest absolute Gasteiger partial charge is 0.303 e. The van der Waals surface area contributed by atoms with Crippen LogP contribution in [0.4, 0.5) is 0 Å². The zero-order valence-corrected chi connectivity index (χ0v) is 9.62. The molecule has 0 aliphatic rings. The van der Waals surface area contributed by atoms with Gasteiger partial charge in [0.2, 0.25) is 5.91 Å². The van der Waals surface area contributed by atoms with Crippen LogP contribution < -0.4 is 5.32 Å². The molecule has 0 rings (SSSR count). The first kappa shape index (κ1) is 13.9. The van der Waals surface area contributed by atoms with E-state index in [4.69, 9.17) is 5.11 Å². The molecular weight excluding hydrogens is 196 g/mol. The normalized spacial score (nSPS) is 12.5. The van der Waals surface area contributed by atoms with Gasteiger partial charge in [0, 0.05) is 25.4 Å². The zero-order valence-electron chi connectivity index (χ0n) is 9.62. The number of rotatable bonds is 7. The number of nitrogens with one attached hydrogen (secondary N) is 1. The summed E-state index contributed by atoms with van der Waals surface area (Å²) in [4.78, 5) is 23.5. The third-order valence-corrected chi connectivity index (χ3v) is 1.84. The molecule has 0 aliphatic carbocycles. The van der Waals surface area contributed by atoms with Crippen LogP contribution in [0.5, 0.6) is 0 Å². The number of hydrogen-bond acceptors (Lipinski definition) is 3. The molecule has 15 heavy (non-hydrogen) atoms. The summed E-state index contributed by atoms with van der Waals surface area (Å²) in [6.45, 7) is 2.71. The first-order chi connectivity index (χ1) is 6.91. The molecule has 2 N–H and O–H groups in total. The molecule has 88 valence electrons. The van der Waals surface area contributed by atoms with Crippen LogP contribution in [0.2, 0.25) is 0 Å². The molecular formula is C10H20N2O3. The summed E-state index contributed by atoms with van der Waals surface area (Å²) < 4.78 is 0. The highest BCUT2D eigenvalue weighted by Gasteiger charge is 2.08. The Morgan fingerprint density at radius 2 is 1.93 bits per heavy atom. The number of hydrogen-bond donors (Lipinski definition) is 2. The minimum Gasteiger partial charge on any atom is -0.481 e. The molecule has 1 atom stereocenters. The molecule has 0 aromatic rings. The van der Waals surface area contributed by atoms with Crippen molar-refractivity contribution in [3.8, 4) is 0 Å². The maximum atomic E-state index is 11.3. The molecule has 5 nitrogen and oxygen atoms in total. The Kier molecular flexibility index (Phi) is 6.70. The molecule has 0 saturated heterocycles. The first-order valence-corrected chi connectivity index (χ1v) is 5.07. The van der Waals surface area contributed by atoms with Crippen LogP contribution >= 0.6 is 0 Å². The Morgan fingerprint density at radius 3 is 2.40 bits per heavy atom. The average molecular weight is 216 g/mol. The lowest BCUT2D eigenvalue weighted by atomic mass is 10.2. The highest BCUT2D eigenvalue weighted by Crippen LogP contribution is 1.96. The number of carboxylic acid groups (broad SMARTS) is 1. The molecule has 0 radical (unpaired) electrons. The summed E-state index contributed by atoms with van der Waals surface area (Å²) in [5, 5.41) is 11.2. The molecule has 0 aromatic heterocycles. The van der Waals surface area contributed by atoms with E-state index < -0.39 is 5.97 Å². The van der Waals surface area contributed by atoms with Crippen molar-refractivity contribution in [1.29, 1.82) is 0 Å². The lowest BCUT2D eigenvalue weighted by Crippen LogP contribution is -2.39. The Labute approximate surface area is 90.5 Å². The van der Waals surface area contributed by atoms with Gasteiger partial charge >= 0.3 is 5.97 Å². The molecule has 0 spiro atoms. The quantitative estimate of drug-likeness (QED) is 0.642. The Bertz CT molecular complexity index is 217. The minimum atomic E-state index is -0.857. The van der Waals surface area contributed by atoms with Crippen molar-refractivity contribution in [1.82, 2.24) is 10.2 Å². The number of carbonyl (C=O) groups excluding carboxylic acids is 1. The molecule has 0 aromatic carbocycles. The van der Waals surface area contributed by atoms with Crippen molar-refractivity contribution in [2.24, 2.45) is 0 Å². The third kappa shape index (κ3) is 9.21.